The zero-order valence-electron chi connectivity index (χ0n) is 55.4. The van der Waals surface area contributed by atoms with Gasteiger partial charge in [-0.15, -0.1) is 0 Å². The van der Waals surface area contributed by atoms with E-state index in [1.807, 2.05) is 0 Å². The summed E-state index contributed by atoms with van der Waals surface area (Å²) in [5, 5.41) is 6.94. The molecule has 13 aromatic carbocycles. The van der Waals surface area contributed by atoms with Gasteiger partial charge >= 0.3 is 0 Å². The lowest BCUT2D eigenvalue weighted by Crippen LogP contribution is -2.61. The van der Waals surface area contributed by atoms with E-state index in [-0.39, 0.29) is 23.0 Å². The van der Waals surface area contributed by atoms with Crippen LogP contribution in [-0.2, 0) is 16.2 Å². The maximum atomic E-state index is 7.00. The molecule has 0 atom stereocenters. The molecule has 2 aliphatic rings. The molecule has 0 bridgehead atoms. The summed E-state index contributed by atoms with van der Waals surface area (Å²) in [4.78, 5) is 10.1. The lowest BCUT2D eigenvalue weighted by molar-refractivity contribution is 0.590. The Labute approximate surface area is 557 Å². The van der Waals surface area contributed by atoms with Crippen molar-refractivity contribution in [1.82, 2.24) is 4.57 Å². The number of rotatable bonds is 9. The second kappa shape index (κ2) is 21.8. The molecule has 17 rings (SSSR count). The maximum Gasteiger partial charge on any atom is 0.252 e. The van der Waals surface area contributed by atoms with Crippen LogP contribution >= 0.6 is 0 Å². The summed E-state index contributed by atoms with van der Waals surface area (Å²) >= 11 is 0. The summed E-state index contributed by atoms with van der Waals surface area (Å²) in [6, 6.07) is 107. The van der Waals surface area contributed by atoms with Crippen molar-refractivity contribution >= 4 is 146 Å². The van der Waals surface area contributed by atoms with Gasteiger partial charge in [0.05, 0.1) is 22.4 Å². The van der Waals surface area contributed by atoms with Crippen LogP contribution in [0.4, 0.5) is 68.2 Å². The number of benzene rings is 13. The van der Waals surface area contributed by atoms with Crippen molar-refractivity contribution in [2.24, 2.45) is 0 Å². The lowest BCUT2D eigenvalue weighted by atomic mass is 9.33. The number of nitrogens with zero attached hydrogens (tertiary/aromatic N) is 5. The third kappa shape index (κ3) is 9.61. The molecule has 0 saturated heterocycles. The van der Waals surface area contributed by atoms with Crippen molar-refractivity contribution in [1.29, 1.82) is 0 Å². The normalized spacial score (nSPS) is 13.0. The van der Waals surface area contributed by atoms with Crippen LogP contribution in [0.3, 0.4) is 0 Å². The molecule has 0 amide bonds. The number of para-hydroxylation sites is 5. The largest absolute Gasteiger partial charge is 0.454 e. The highest BCUT2D eigenvalue weighted by atomic mass is 16.3. The van der Waals surface area contributed by atoms with Crippen LogP contribution in [0.15, 0.2) is 290 Å². The Hall–Kier alpha value is -11.0. The third-order valence-corrected chi connectivity index (χ3v) is 20.0. The first-order valence-electron chi connectivity index (χ1n) is 33.4. The zero-order chi connectivity index (χ0) is 64.6. The van der Waals surface area contributed by atoms with E-state index in [9.17, 15) is 0 Å². The van der Waals surface area contributed by atoms with Crippen LogP contribution in [0, 0.1) is 0 Å². The van der Waals surface area contributed by atoms with Crippen LogP contribution in [0.2, 0.25) is 0 Å². The van der Waals surface area contributed by atoms with E-state index in [4.69, 9.17) is 4.42 Å². The van der Waals surface area contributed by atoms with E-state index < -0.39 is 0 Å². The first kappa shape index (κ1) is 57.9. The van der Waals surface area contributed by atoms with E-state index >= 15 is 0 Å². The van der Waals surface area contributed by atoms with E-state index in [0.717, 1.165) is 101 Å². The molecule has 0 aliphatic carbocycles. The molecule has 6 nitrogen and oxygen atoms in total. The fourth-order valence-corrected chi connectivity index (χ4v) is 15.1. The summed E-state index contributed by atoms with van der Waals surface area (Å²) in [6.45, 7) is 20.5. The molecular weight excluding hydrogens is 1150 g/mol. The minimum absolute atomic E-state index is 0.0464. The van der Waals surface area contributed by atoms with Gasteiger partial charge < -0.3 is 28.6 Å². The Morgan fingerprint density at radius 3 is 1.47 bits per heavy atom. The van der Waals surface area contributed by atoms with Crippen molar-refractivity contribution in [3.05, 3.63) is 302 Å². The quantitative estimate of drug-likeness (QED) is 0.134. The number of aromatic nitrogens is 1. The SMILES string of the molecule is CC(C)(C)c1ccc(N2c3cc(N(c4ccc(C(C)(C)C)cc4)c4cccc5c4oc4ccccc45)ccc3B3c4cc5c(cc4N(c4ccc(C(C)(C)C)cc4)c4cc(N(c6ccccc6)c6ccc7ccccc7c6)cc2c43)c2ccccc2n5-c2ccccc2)cc1. The fraction of sp³-hybridized carbons (Fsp3) is 0.136. The number of hydrogen-bond donors (Lipinski definition) is 0. The van der Waals surface area contributed by atoms with Crippen LogP contribution in [0.5, 0.6) is 0 Å². The van der Waals surface area contributed by atoms with Crippen LogP contribution in [0.1, 0.15) is 79.0 Å². The Morgan fingerprint density at radius 1 is 0.316 bits per heavy atom. The van der Waals surface area contributed by atoms with Gasteiger partial charge in [-0.25, -0.2) is 0 Å². The minimum Gasteiger partial charge on any atom is -0.454 e. The van der Waals surface area contributed by atoms with Crippen molar-refractivity contribution < 1.29 is 4.42 Å². The molecule has 0 saturated carbocycles. The van der Waals surface area contributed by atoms with Gasteiger partial charge in [-0.3, -0.25) is 0 Å². The highest BCUT2D eigenvalue weighted by molar-refractivity contribution is 7.00. The lowest BCUT2D eigenvalue weighted by Gasteiger charge is -2.45. The maximum absolute atomic E-state index is 7.00. The number of hydrogen-bond acceptors (Lipinski definition) is 5. The first-order valence-corrected chi connectivity index (χ1v) is 33.4. The first-order chi connectivity index (χ1) is 46.0. The average Bonchev–Trinajstić information content (AvgIpc) is 1.56. The van der Waals surface area contributed by atoms with Gasteiger partial charge in [0.2, 0.25) is 0 Å². The van der Waals surface area contributed by atoms with Crippen LogP contribution < -0.4 is 36.0 Å². The van der Waals surface area contributed by atoms with Gasteiger partial charge in [0.25, 0.3) is 6.71 Å². The van der Waals surface area contributed by atoms with Gasteiger partial charge in [0.1, 0.15) is 5.58 Å². The molecule has 2 aliphatic heterocycles. The van der Waals surface area contributed by atoms with E-state index in [2.05, 4.69) is 372 Å². The van der Waals surface area contributed by atoms with Gasteiger partial charge in [-0.05, 0) is 187 Å². The monoisotopic (exact) mass is 1230 g/mol. The molecule has 15 aromatic rings. The molecule has 4 heterocycles. The molecular formula is C88H74BN5O. The Kier molecular flexibility index (Phi) is 13.3. The molecule has 95 heavy (non-hydrogen) atoms. The molecule has 7 heteroatoms. The number of fused-ring (bicyclic) bond motifs is 11. The fourth-order valence-electron chi connectivity index (χ4n) is 15.1. The van der Waals surface area contributed by atoms with Gasteiger partial charge in [-0.2, -0.15) is 0 Å². The Balaban J connectivity index is 1.01. The standard InChI is InChI=1S/C88H74BN5O/c1-86(2,3)59-36-43-64(44-37-59)91(77-33-22-31-72-71-30-19-21-34-83(71)95-85(72)77)68-49-50-74-79(52-68)93(65-45-38-60(39-46-65)87(4,5)6)81-53-69(90(62-25-12-10-13-26-62)67-42-35-57-23-16-17-24-58(57)51-67)54-82-84(81)89(74)75-56-78-73(55-80(75)94(82)66-47-40-61(41-48-66)88(7,8)9)70-29-18-20-32-76(70)92(78)63-27-14-11-15-28-63/h10-56H,1-9H3. The minimum atomic E-state index is -0.237. The molecule has 0 fully saturated rings. The van der Waals surface area contributed by atoms with E-state index in [1.54, 1.807) is 0 Å². The van der Waals surface area contributed by atoms with Gasteiger partial charge in [0.15, 0.2) is 5.58 Å². The second-order valence-corrected chi connectivity index (χ2v) is 29.0. The summed E-state index contributed by atoms with van der Waals surface area (Å²) in [6.07, 6.45) is 0. The van der Waals surface area contributed by atoms with Crippen molar-refractivity contribution in [2.75, 3.05) is 19.6 Å². The molecule has 0 spiro atoms. The number of furan rings is 1. The Bertz CT molecular complexity index is 5500. The van der Waals surface area contributed by atoms with Crippen LogP contribution in [-0.4, -0.2) is 11.3 Å². The van der Waals surface area contributed by atoms with Crippen molar-refractivity contribution in [3.63, 3.8) is 0 Å². The predicted molar refractivity (Wildman–Crippen MR) is 405 cm³/mol. The van der Waals surface area contributed by atoms with Crippen LogP contribution in [0.25, 0.3) is 60.2 Å². The third-order valence-electron chi connectivity index (χ3n) is 20.0. The molecule has 2 aromatic heterocycles. The summed E-state index contributed by atoms with van der Waals surface area (Å²) in [7, 11) is 0. The van der Waals surface area contributed by atoms with Gasteiger partial charge in [0, 0.05) is 84.1 Å². The smallest absolute Gasteiger partial charge is 0.252 e. The van der Waals surface area contributed by atoms with Crippen molar-refractivity contribution in [2.45, 2.75) is 78.6 Å². The summed E-state index contributed by atoms with van der Waals surface area (Å²) < 4.78 is 9.48. The summed E-state index contributed by atoms with van der Waals surface area (Å²) in [5.41, 5.74) is 25.3. The molecule has 460 valence electrons. The summed E-state index contributed by atoms with van der Waals surface area (Å²) in [5.74, 6) is 0. The topological polar surface area (TPSA) is 31.0 Å². The second-order valence-electron chi connectivity index (χ2n) is 29.0. The predicted octanol–water partition coefficient (Wildman–Crippen LogP) is 22.8. The highest BCUT2D eigenvalue weighted by Crippen LogP contribution is 2.52. The molecule has 0 N–H and O–H groups in total. The molecule has 0 radical (unpaired) electrons. The number of anilines is 12. The Morgan fingerprint density at radius 2 is 0.821 bits per heavy atom. The molecule has 0 unspecified atom stereocenters. The average molecular weight is 1230 g/mol. The van der Waals surface area contributed by atoms with E-state index in [1.165, 1.54) is 60.1 Å². The zero-order valence-corrected chi connectivity index (χ0v) is 55.4. The highest BCUT2D eigenvalue weighted by Gasteiger charge is 2.45. The van der Waals surface area contributed by atoms with E-state index in [0.29, 0.717) is 0 Å². The van der Waals surface area contributed by atoms with Gasteiger partial charge in [-0.1, -0.05) is 220 Å². The van der Waals surface area contributed by atoms with Crippen molar-refractivity contribution in [3.8, 4) is 5.69 Å².